The van der Waals surface area contributed by atoms with Crippen molar-refractivity contribution in [3.8, 4) is 0 Å². The molecular weight excluding hydrogens is 116 g/mol. The standard InChI is InChI=1S/C7H12O2/c1-5(2)6(8)7(9)3-4-7/h5,9H,3-4H2,1-2H3. The lowest BCUT2D eigenvalue weighted by Crippen LogP contribution is -2.26. The summed E-state index contributed by atoms with van der Waals surface area (Å²) in [7, 11) is 0. The summed E-state index contributed by atoms with van der Waals surface area (Å²) in [5.41, 5.74) is -0.909. The van der Waals surface area contributed by atoms with Crippen molar-refractivity contribution in [2.45, 2.75) is 32.3 Å². The summed E-state index contributed by atoms with van der Waals surface area (Å²) in [5, 5.41) is 9.22. The SMILES string of the molecule is CC(C)C(=O)C1(O)CC1. The maximum atomic E-state index is 11.0. The first-order valence-corrected chi connectivity index (χ1v) is 3.33. The van der Waals surface area contributed by atoms with Gasteiger partial charge in [-0.05, 0) is 12.8 Å². The Morgan fingerprint density at radius 2 is 2.00 bits per heavy atom. The van der Waals surface area contributed by atoms with Crippen molar-refractivity contribution < 1.29 is 9.90 Å². The lowest BCUT2D eigenvalue weighted by Gasteiger charge is -2.07. The third-order valence-corrected chi connectivity index (χ3v) is 1.71. The summed E-state index contributed by atoms with van der Waals surface area (Å²) < 4.78 is 0. The van der Waals surface area contributed by atoms with Crippen molar-refractivity contribution in [1.82, 2.24) is 0 Å². The number of carbonyl (C=O) groups excluding carboxylic acids is 1. The van der Waals surface area contributed by atoms with E-state index in [-0.39, 0.29) is 11.7 Å². The van der Waals surface area contributed by atoms with Gasteiger partial charge in [0.15, 0.2) is 5.78 Å². The van der Waals surface area contributed by atoms with E-state index in [1.165, 1.54) is 0 Å². The highest BCUT2D eigenvalue weighted by molar-refractivity contribution is 5.91. The van der Waals surface area contributed by atoms with Crippen LogP contribution in [0.4, 0.5) is 0 Å². The molecule has 2 nitrogen and oxygen atoms in total. The van der Waals surface area contributed by atoms with Crippen LogP contribution in [0, 0.1) is 5.92 Å². The second kappa shape index (κ2) is 1.81. The highest BCUT2D eigenvalue weighted by Gasteiger charge is 2.48. The first-order chi connectivity index (χ1) is 4.06. The minimum atomic E-state index is -0.909. The van der Waals surface area contributed by atoms with Crippen LogP contribution in [0.5, 0.6) is 0 Å². The van der Waals surface area contributed by atoms with Gasteiger partial charge in [0.05, 0.1) is 0 Å². The lowest BCUT2D eigenvalue weighted by molar-refractivity contribution is -0.132. The predicted octanol–water partition coefficient (Wildman–Crippen LogP) is 0.736. The zero-order valence-corrected chi connectivity index (χ0v) is 5.85. The third-order valence-electron chi connectivity index (χ3n) is 1.71. The smallest absolute Gasteiger partial charge is 0.166 e. The molecule has 1 rings (SSSR count). The predicted molar refractivity (Wildman–Crippen MR) is 34.0 cm³/mol. The average Bonchev–Trinajstić information content (AvgIpc) is 2.47. The number of carbonyl (C=O) groups is 1. The van der Waals surface area contributed by atoms with Crippen LogP contribution in [0.25, 0.3) is 0 Å². The van der Waals surface area contributed by atoms with Gasteiger partial charge < -0.3 is 5.11 Å². The molecule has 1 N–H and O–H groups in total. The van der Waals surface area contributed by atoms with Crippen LogP contribution in [-0.4, -0.2) is 16.5 Å². The molecule has 1 saturated carbocycles. The van der Waals surface area contributed by atoms with Crippen molar-refractivity contribution in [2.75, 3.05) is 0 Å². The van der Waals surface area contributed by atoms with Crippen molar-refractivity contribution in [3.63, 3.8) is 0 Å². The van der Waals surface area contributed by atoms with E-state index in [4.69, 9.17) is 0 Å². The summed E-state index contributed by atoms with van der Waals surface area (Å²) in [4.78, 5) is 11.0. The Morgan fingerprint density at radius 1 is 1.56 bits per heavy atom. The summed E-state index contributed by atoms with van der Waals surface area (Å²) in [6, 6.07) is 0. The summed E-state index contributed by atoms with van der Waals surface area (Å²) in [6.45, 7) is 3.64. The van der Waals surface area contributed by atoms with Gasteiger partial charge in [-0.15, -0.1) is 0 Å². The molecule has 0 radical (unpaired) electrons. The van der Waals surface area contributed by atoms with Crippen LogP contribution in [0.15, 0.2) is 0 Å². The number of hydrogen-bond donors (Lipinski definition) is 1. The van der Waals surface area contributed by atoms with E-state index in [0.717, 1.165) is 0 Å². The minimum absolute atomic E-state index is 0.00231. The maximum Gasteiger partial charge on any atom is 0.166 e. The molecule has 0 atom stereocenters. The van der Waals surface area contributed by atoms with Crippen LogP contribution >= 0.6 is 0 Å². The van der Waals surface area contributed by atoms with Gasteiger partial charge in [-0.2, -0.15) is 0 Å². The van der Waals surface area contributed by atoms with E-state index in [1.807, 2.05) is 13.8 Å². The van der Waals surface area contributed by atoms with Gasteiger partial charge >= 0.3 is 0 Å². The van der Waals surface area contributed by atoms with Crippen LogP contribution in [0.3, 0.4) is 0 Å². The lowest BCUT2D eigenvalue weighted by atomic mass is 10.0. The molecule has 1 aliphatic rings. The summed E-state index contributed by atoms with van der Waals surface area (Å²) in [6.07, 6.45) is 1.34. The molecule has 0 aromatic carbocycles. The van der Waals surface area contributed by atoms with Gasteiger partial charge in [-0.1, -0.05) is 13.8 Å². The van der Waals surface area contributed by atoms with Gasteiger partial charge in [-0.3, -0.25) is 4.79 Å². The van der Waals surface area contributed by atoms with E-state index in [9.17, 15) is 9.90 Å². The molecule has 1 aliphatic carbocycles. The highest BCUT2D eigenvalue weighted by Crippen LogP contribution is 2.37. The first-order valence-electron chi connectivity index (χ1n) is 3.33. The van der Waals surface area contributed by atoms with E-state index in [2.05, 4.69) is 0 Å². The van der Waals surface area contributed by atoms with Crippen LogP contribution in [0.1, 0.15) is 26.7 Å². The van der Waals surface area contributed by atoms with Crippen molar-refractivity contribution in [2.24, 2.45) is 5.92 Å². The zero-order chi connectivity index (χ0) is 7.07. The molecule has 9 heavy (non-hydrogen) atoms. The number of hydrogen-bond acceptors (Lipinski definition) is 2. The number of ketones is 1. The molecule has 0 aromatic heterocycles. The van der Waals surface area contributed by atoms with Crippen molar-refractivity contribution in [3.05, 3.63) is 0 Å². The van der Waals surface area contributed by atoms with Crippen LogP contribution in [-0.2, 0) is 4.79 Å². The zero-order valence-electron chi connectivity index (χ0n) is 5.85. The average molecular weight is 128 g/mol. The Balaban J connectivity index is 2.53. The van der Waals surface area contributed by atoms with Gasteiger partial charge in [0.2, 0.25) is 0 Å². The molecule has 52 valence electrons. The van der Waals surface area contributed by atoms with E-state index < -0.39 is 5.60 Å². The van der Waals surface area contributed by atoms with Gasteiger partial charge in [0.1, 0.15) is 5.60 Å². The van der Waals surface area contributed by atoms with Crippen molar-refractivity contribution in [1.29, 1.82) is 0 Å². The molecule has 0 saturated heterocycles. The van der Waals surface area contributed by atoms with E-state index in [0.29, 0.717) is 12.8 Å². The quantitative estimate of drug-likeness (QED) is 0.595. The molecule has 0 bridgehead atoms. The number of Topliss-reactive ketones (excluding diaryl/α,β-unsaturated/α-hetero) is 1. The first kappa shape index (κ1) is 6.75. The second-order valence-corrected chi connectivity index (χ2v) is 3.05. The normalized spacial score (nSPS) is 22.2. The molecule has 2 heteroatoms. The Kier molecular flexibility index (Phi) is 1.35. The molecule has 0 heterocycles. The van der Waals surface area contributed by atoms with E-state index in [1.54, 1.807) is 0 Å². The topological polar surface area (TPSA) is 37.3 Å². The monoisotopic (exact) mass is 128 g/mol. The number of aliphatic hydroxyl groups is 1. The molecule has 0 aliphatic heterocycles. The second-order valence-electron chi connectivity index (χ2n) is 3.05. The Morgan fingerprint density at radius 3 is 2.11 bits per heavy atom. The Labute approximate surface area is 54.9 Å². The fourth-order valence-electron chi connectivity index (χ4n) is 0.902. The summed E-state index contributed by atoms with van der Waals surface area (Å²) in [5.74, 6) is -0.0139. The van der Waals surface area contributed by atoms with Crippen LogP contribution < -0.4 is 0 Å². The minimum Gasteiger partial charge on any atom is -0.382 e. The van der Waals surface area contributed by atoms with E-state index >= 15 is 0 Å². The Bertz CT molecular complexity index is 134. The fraction of sp³-hybridized carbons (Fsp3) is 0.857. The molecular formula is C7H12O2. The molecule has 0 unspecified atom stereocenters. The van der Waals surface area contributed by atoms with Gasteiger partial charge in [0, 0.05) is 5.92 Å². The molecule has 0 aromatic rings. The highest BCUT2D eigenvalue weighted by atomic mass is 16.3. The van der Waals surface area contributed by atoms with Gasteiger partial charge in [0.25, 0.3) is 0 Å². The van der Waals surface area contributed by atoms with Gasteiger partial charge in [-0.25, -0.2) is 0 Å². The third kappa shape index (κ3) is 1.13. The number of rotatable bonds is 2. The Hall–Kier alpha value is -0.370. The maximum absolute atomic E-state index is 11.0. The van der Waals surface area contributed by atoms with Crippen LogP contribution in [0.2, 0.25) is 0 Å². The fourth-order valence-corrected chi connectivity index (χ4v) is 0.902. The molecule has 0 amide bonds. The van der Waals surface area contributed by atoms with Crippen molar-refractivity contribution >= 4 is 5.78 Å². The summed E-state index contributed by atoms with van der Waals surface area (Å²) >= 11 is 0. The molecule has 0 spiro atoms. The largest absolute Gasteiger partial charge is 0.382 e. The molecule has 1 fully saturated rings.